The Bertz CT molecular complexity index is 1040. The first-order valence-electron chi connectivity index (χ1n) is 9.97. The summed E-state index contributed by atoms with van der Waals surface area (Å²) in [6.45, 7) is 2.50. The number of piperidine rings is 1. The molecule has 9 heteroatoms. The van der Waals surface area contributed by atoms with Gasteiger partial charge in [0.25, 0.3) is 0 Å². The second kappa shape index (κ2) is 9.93. The molecule has 8 nitrogen and oxygen atoms in total. The SMILES string of the molecule is COc1ccc(OC)c(/C=N\NC(=O)C2CCN(S(=O)(=O)c3ccc(C)cc3)CC2)c1. The lowest BCUT2D eigenvalue weighted by Gasteiger charge is -2.30. The molecule has 0 spiro atoms. The van der Waals surface area contributed by atoms with Crippen LogP contribution in [0.25, 0.3) is 0 Å². The summed E-state index contributed by atoms with van der Waals surface area (Å²) in [5, 5.41) is 4.03. The van der Waals surface area contributed by atoms with Crippen molar-refractivity contribution in [3.63, 3.8) is 0 Å². The number of hydrogen-bond donors (Lipinski definition) is 1. The summed E-state index contributed by atoms with van der Waals surface area (Å²) in [5.41, 5.74) is 4.22. The zero-order valence-corrected chi connectivity index (χ0v) is 18.7. The van der Waals surface area contributed by atoms with E-state index in [1.54, 1.807) is 56.7 Å². The van der Waals surface area contributed by atoms with Crippen LogP contribution in [0.1, 0.15) is 24.0 Å². The van der Waals surface area contributed by atoms with Gasteiger partial charge in [0.2, 0.25) is 15.9 Å². The summed E-state index contributed by atoms with van der Waals surface area (Å²) in [5.74, 6) is 0.725. The van der Waals surface area contributed by atoms with Crippen molar-refractivity contribution >= 4 is 22.1 Å². The van der Waals surface area contributed by atoms with E-state index in [0.717, 1.165) is 5.56 Å². The number of nitrogens with one attached hydrogen (secondary N) is 1. The quantitative estimate of drug-likeness (QED) is 0.522. The molecule has 2 aromatic rings. The van der Waals surface area contributed by atoms with E-state index in [0.29, 0.717) is 43.0 Å². The van der Waals surface area contributed by atoms with Crippen LogP contribution in [0.2, 0.25) is 0 Å². The minimum absolute atomic E-state index is 0.231. The third kappa shape index (κ3) is 5.42. The van der Waals surface area contributed by atoms with Crippen LogP contribution >= 0.6 is 0 Å². The number of ether oxygens (including phenoxy) is 2. The van der Waals surface area contributed by atoms with Crippen molar-refractivity contribution in [2.45, 2.75) is 24.7 Å². The lowest BCUT2D eigenvalue weighted by Crippen LogP contribution is -2.42. The number of amides is 1. The maximum Gasteiger partial charge on any atom is 0.243 e. The molecule has 1 aliphatic rings. The number of carbonyl (C=O) groups excluding carboxylic acids is 1. The molecule has 0 aliphatic carbocycles. The Hall–Kier alpha value is -2.91. The fourth-order valence-corrected chi connectivity index (χ4v) is 4.88. The maximum atomic E-state index is 12.8. The molecule has 0 bridgehead atoms. The summed E-state index contributed by atoms with van der Waals surface area (Å²) in [4.78, 5) is 12.8. The fourth-order valence-electron chi connectivity index (χ4n) is 3.41. The molecule has 31 heavy (non-hydrogen) atoms. The van der Waals surface area contributed by atoms with Gasteiger partial charge in [-0.15, -0.1) is 0 Å². The molecule has 1 saturated heterocycles. The zero-order valence-electron chi connectivity index (χ0n) is 17.9. The molecule has 0 unspecified atom stereocenters. The van der Waals surface area contributed by atoms with Crippen LogP contribution in [0.4, 0.5) is 0 Å². The van der Waals surface area contributed by atoms with Gasteiger partial charge in [-0.05, 0) is 50.1 Å². The summed E-state index contributed by atoms with van der Waals surface area (Å²) in [7, 11) is -0.432. The molecule has 2 aromatic carbocycles. The number of carbonyl (C=O) groups is 1. The Kier molecular flexibility index (Phi) is 7.29. The molecular weight excluding hydrogens is 418 g/mol. The summed E-state index contributed by atoms with van der Waals surface area (Å²) >= 11 is 0. The number of nitrogens with zero attached hydrogens (tertiary/aromatic N) is 2. The number of hydrazone groups is 1. The topological polar surface area (TPSA) is 97.3 Å². The van der Waals surface area contributed by atoms with Gasteiger partial charge < -0.3 is 9.47 Å². The summed E-state index contributed by atoms with van der Waals surface area (Å²) in [6, 6.07) is 12.1. The third-order valence-electron chi connectivity index (χ3n) is 5.30. The van der Waals surface area contributed by atoms with Gasteiger partial charge in [-0.2, -0.15) is 9.41 Å². The van der Waals surface area contributed by atoms with Crippen molar-refractivity contribution < 1.29 is 22.7 Å². The van der Waals surface area contributed by atoms with Gasteiger partial charge in [0, 0.05) is 24.6 Å². The van der Waals surface area contributed by atoms with Crippen molar-refractivity contribution in [1.82, 2.24) is 9.73 Å². The number of benzene rings is 2. The highest BCUT2D eigenvalue weighted by Crippen LogP contribution is 2.25. The van der Waals surface area contributed by atoms with E-state index >= 15 is 0 Å². The average molecular weight is 446 g/mol. The first-order chi connectivity index (χ1) is 14.8. The van der Waals surface area contributed by atoms with Gasteiger partial charge in [-0.1, -0.05) is 17.7 Å². The molecule has 0 atom stereocenters. The molecule has 166 valence electrons. The number of hydrogen-bond acceptors (Lipinski definition) is 6. The average Bonchev–Trinajstić information content (AvgIpc) is 2.79. The molecule has 3 rings (SSSR count). The van der Waals surface area contributed by atoms with Crippen LogP contribution in [0, 0.1) is 12.8 Å². The van der Waals surface area contributed by atoms with Gasteiger partial charge >= 0.3 is 0 Å². The highest BCUT2D eigenvalue weighted by atomic mass is 32.2. The number of methoxy groups -OCH3 is 2. The smallest absolute Gasteiger partial charge is 0.243 e. The summed E-state index contributed by atoms with van der Waals surface area (Å²) < 4.78 is 37.5. The van der Waals surface area contributed by atoms with Crippen LogP contribution in [-0.4, -0.2) is 52.2 Å². The minimum atomic E-state index is -3.55. The first kappa shape index (κ1) is 22.8. The second-order valence-corrected chi connectivity index (χ2v) is 9.27. The Labute approximate surface area is 182 Å². The molecule has 0 radical (unpaired) electrons. The van der Waals surface area contributed by atoms with Crippen molar-refractivity contribution in [3.8, 4) is 11.5 Å². The van der Waals surface area contributed by atoms with Crippen molar-refractivity contribution in [1.29, 1.82) is 0 Å². The van der Waals surface area contributed by atoms with Crippen LogP contribution in [0.5, 0.6) is 11.5 Å². The largest absolute Gasteiger partial charge is 0.497 e. The maximum absolute atomic E-state index is 12.8. The second-order valence-electron chi connectivity index (χ2n) is 7.33. The molecule has 0 saturated carbocycles. The van der Waals surface area contributed by atoms with E-state index in [1.165, 1.54) is 10.5 Å². The van der Waals surface area contributed by atoms with Crippen molar-refractivity contribution in [2.75, 3.05) is 27.3 Å². The third-order valence-corrected chi connectivity index (χ3v) is 7.21. The minimum Gasteiger partial charge on any atom is -0.497 e. The van der Waals surface area contributed by atoms with E-state index in [9.17, 15) is 13.2 Å². The lowest BCUT2D eigenvalue weighted by molar-refractivity contribution is -0.126. The van der Waals surface area contributed by atoms with E-state index in [4.69, 9.17) is 9.47 Å². The Morgan fingerprint density at radius 1 is 1.10 bits per heavy atom. The molecule has 1 aliphatic heterocycles. The monoisotopic (exact) mass is 445 g/mol. The number of rotatable bonds is 7. The van der Waals surface area contributed by atoms with Gasteiger partial charge in [0.05, 0.1) is 25.3 Å². The molecule has 1 N–H and O–H groups in total. The van der Waals surface area contributed by atoms with Crippen LogP contribution in [0.3, 0.4) is 0 Å². The normalized spacial score (nSPS) is 15.7. The van der Waals surface area contributed by atoms with E-state index in [2.05, 4.69) is 10.5 Å². The highest BCUT2D eigenvalue weighted by Gasteiger charge is 2.32. The fraction of sp³-hybridized carbons (Fsp3) is 0.364. The van der Waals surface area contributed by atoms with Crippen molar-refractivity contribution in [3.05, 3.63) is 53.6 Å². The van der Waals surface area contributed by atoms with Crippen LogP contribution in [-0.2, 0) is 14.8 Å². The number of sulfonamides is 1. The van der Waals surface area contributed by atoms with E-state index < -0.39 is 10.0 Å². The van der Waals surface area contributed by atoms with Crippen LogP contribution < -0.4 is 14.9 Å². The predicted molar refractivity (Wildman–Crippen MR) is 118 cm³/mol. The van der Waals surface area contributed by atoms with Crippen LogP contribution in [0.15, 0.2) is 52.5 Å². The lowest BCUT2D eigenvalue weighted by atomic mass is 9.98. The Morgan fingerprint density at radius 3 is 2.39 bits per heavy atom. The molecule has 1 fully saturated rings. The Balaban J connectivity index is 1.57. The van der Waals surface area contributed by atoms with Crippen molar-refractivity contribution in [2.24, 2.45) is 11.0 Å². The van der Waals surface area contributed by atoms with E-state index in [-0.39, 0.29) is 16.7 Å². The molecule has 1 amide bonds. The van der Waals surface area contributed by atoms with Gasteiger partial charge in [-0.3, -0.25) is 4.79 Å². The van der Waals surface area contributed by atoms with Gasteiger partial charge in [-0.25, -0.2) is 13.8 Å². The summed E-state index contributed by atoms with van der Waals surface area (Å²) in [6.07, 6.45) is 2.38. The van der Waals surface area contributed by atoms with Gasteiger partial charge in [0.15, 0.2) is 0 Å². The molecular formula is C22H27N3O5S. The van der Waals surface area contributed by atoms with E-state index in [1.807, 2.05) is 6.92 Å². The number of aryl methyl sites for hydroxylation is 1. The zero-order chi connectivity index (χ0) is 22.4. The molecule has 0 aromatic heterocycles. The first-order valence-corrected chi connectivity index (χ1v) is 11.4. The molecule has 1 heterocycles. The Morgan fingerprint density at radius 2 is 1.77 bits per heavy atom. The van der Waals surface area contributed by atoms with Gasteiger partial charge in [0.1, 0.15) is 11.5 Å². The highest BCUT2D eigenvalue weighted by molar-refractivity contribution is 7.89. The standard InChI is InChI=1S/C22H27N3O5S/c1-16-4-7-20(8-5-16)31(27,28)25-12-10-17(11-13-25)22(26)24-23-15-18-14-19(29-2)6-9-21(18)30-3/h4-9,14-15,17H,10-13H2,1-3H3,(H,24,26)/b23-15-. The predicted octanol–water partition coefficient (Wildman–Crippen LogP) is 2.56.